The Morgan fingerprint density at radius 2 is 1.54 bits per heavy atom. The SMILES string of the molecule is CC.Cc1ccccc1NC(=O)C(C)c1ccc(CC(C)C)cc1. The molecular formula is C22H31NO. The highest BCUT2D eigenvalue weighted by Crippen LogP contribution is 2.21. The van der Waals surface area contributed by atoms with Gasteiger partial charge in [-0.2, -0.15) is 0 Å². The monoisotopic (exact) mass is 325 g/mol. The molecule has 2 nitrogen and oxygen atoms in total. The van der Waals surface area contributed by atoms with Crippen molar-refractivity contribution in [1.29, 1.82) is 0 Å². The van der Waals surface area contributed by atoms with Gasteiger partial charge >= 0.3 is 0 Å². The van der Waals surface area contributed by atoms with Crippen molar-refractivity contribution in [2.75, 3.05) is 5.32 Å². The minimum atomic E-state index is -0.160. The van der Waals surface area contributed by atoms with E-state index in [-0.39, 0.29) is 11.8 Å². The number of para-hydroxylation sites is 1. The molecule has 2 aromatic rings. The normalized spacial score (nSPS) is 11.5. The van der Waals surface area contributed by atoms with Crippen LogP contribution in [0.1, 0.15) is 57.2 Å². The zero-order valence-corrected chi connectivity index (χ0v) is 15.9. The fourth-order valence-electron chi connectivity index (χ4n) is 2.52. The summed E-state index contributed by atoms with van der Waals surface area (Å²) in [4.78, 5) is 12.4. The minimum Gasteiger partial charge on any atom is -0.325 e. The second-order valence-corrected chi connectivity index (χ2v) is 6.37. The molecule has 0 spiro atoms. The first-order valence-corrected chi connectivity index (χ1v) is 8.92. The molecule has 0 radical (unpaired) electrons. The Kier molecular flexibility index (Phi) is 8.25. The Hall–Kier alpha value is -2.09. The van der Waals surface area contributed by atoms with Crippen molar-refractivity contribution in [3.05, 3.63) is 65.2 Å². The number of rotatable bonds is 5. The molecule has 0 aliphatic carbocycles. The van der Waals surface area contributed by atoms with Crippen LogP contribution in [0.4, 0.5) is 5.69 Å². The van der Waals surface area contributed by atoms with Gasteiger partial charge in [0.1, 0.15) is 0 Å². The molecule has 0 heterocycles. The third kappa shape index (κ3) is 5.84. The molecule has 2 heteroatoms. The van der Waals surface area contributed by atoms with Gasteiger partial charge in [0, 0.05) is 5.69 Å². The predicted octanol–water partition coefficient (Wildman–Crippen LogP) is 5.96. The molecule has 1 atom stereocenters. The highest BCUT2D eigenvalue weighted by molar-refractivity contribution is 5.96. The maximum absolute atomic E-state index is 12.4. The van der Waals surface area contributed by atoms with Crippen LogP contribution in [0.25, 0.3) is 0 Å². The summed E-state index contributed by atoms with van der Waals surface area (Å²) < 4.78 is 0. The van der Waals surface area contributed by atoms with Crippen LogP contribution in [0, 0.1) is 12.8 Å². The number of hydrogen-bond donors (Lipinski definition) is 1. The molecule has 2 aromatic carbocycles. The van der Waals surface area contributed by atoms with Gasteiger partial charge in [0.2, 0.25) is 5.91 Å². The number of benzene rings is 2. The van der Waals surface area contributed by atoms with E-state index in [1.807, 2.05) is 52.0 Å². The lowest BCUT2D eigenvalue weighted by atomic mass is 9.96. The van der Waals surface area contributed by atoms with Gasteiger partial charge in [-0.05, 0) is 48.9 Å². The Labute approximate surface area is 147 Å². The fraction of sp³-hybridized carbons (Fsp3) is 0.409. The first-order valence-electron chi connectivity index (χ1n) is 8.92. The van der Waals surface area contributed by atoms with Crippen molar-refractivity contribution in [3.63, 3.8) is 0 Å². The van der Waals surface area contributed by atoms with Crippen LogP contribution in [0.2, 0.25) is 0 Å². The first kappa shape index (κ1) is 20.0. The van der Waals surface area contributed by atoms with Crippen LogP contribution in [0.5, 0.6) is 0 Å². The van der Waals surface area contributed by atoms with Crippen molar-refractivity contribution in [2.45, 2.75) is 53.9 Å². The van der Waals surface area contributed by atoms with Gasteiger partial charge in [-0.1, -0.05) is 70.2 Å². The summed E-state index contributed by atoms with van der Waals surface area (Å²) in [6, 6.07) is 16.3. The number of aryl methyl sites for hydroxylation is 1. The molecule has 1 unspecified atom stereocenters. The maximum Gasteiger partial charge on any atom is 0.231 e. The molecule has 0 aromatic heterocycles. The van der Waals surface area contributed by atoms with Crippen molar-refractivity contribution in [2.24, 2.45) is 5.92 Å². The fourth-order valence-corrected chi connectivity index (χ4v) is 2.52. The lowest BCUT2D eigenvalue weighted by Crippen LogP contribution is -2.19. The van der Waals surface area contributed by atoms with Gasteiger partial charge in [0.05, 0.1) is 5.92 Å². The van der Waals surface area contributed by atoms with E-state index in [1.165, 1.54) is 5.56 Å². The first-order chi connectivity index (χ1) is 11.5. The largest absolute Gasteiger partial charge is 0.325 e. The number of carbonyl (C=O) groups excluding carboxylic acids is 1. The molecule has 0 aliphatic rings. The van der Waals surface area contributed by atoms with Crippen LogP contribution in [0.3, 0.4) is 0 Å². The summed E-state index contributed by atoms with van der Waals surface area (Å²) in [6.07, 6.45) is 1.07. The Bertz CT molecular complexity index is 629. The van der Waals surface area contributed by atoms with E-state index >= 15 is 0 Å². The highest BCUT2D eigenvalue weighted by atomic mass is 16.1. The maximum atomic E-state index is 12.4. The Morgan fingerprint density at radius 1 is 0.958 bits per heavy atom. The molecule has 0 fully saturated rings. The van der Waals surface area contributed by atoms with Crippen LogP contribution in [-0.4, -0.2) is 5.91 Å². The highest BCUT2D eigenvalue weighted by Gasteiger charge is 2.16. The number of nitrogens with one attached hydrogen (secondary N) is 1. The molecule has 0 bridgehead atoms. The zero-order valence-electron chi connectivity index (χ0n) is 15.9. The molecule has 0 aliphatic heterocycles. The standard InChI is InChI=1S/C20H25NO.C2H6/c1-14(2)13-17-9-11-18(12-10-17)16(4)20(22)21-19-8-6-5-7-15(19)3;1-2/h5-12,14,16H,13H2,1-4H3,(H,21,22);1-2H3. The van der Waals surface area contributed by atoms with Crippen molar-refractivity contribution in [3.8, 4) is 0 Å². The second-order valence-electron chi connectivity index (χ2n) is 6.37. The molecule has 24 heavy (non-hydrogen) atoms. The van der Waals surface area contributed by atoms with Crippen LogP contribution in [0.15, 0.2) is 48.5 Å². The summed E-state index contributed by atoms with van der Waals surface area (Å²) in [6.45, 7) is 12.4. The number of anilines is 1. The van der Waals surface area contributed by atoms with Gasteiger partial charge in [-0.3, -0.25) is 4.79 Å². The van der Waals surface area contributed by atoms with E-state index in [1.54, 1.807) is 0 Å². The average Bonchev–Trinajstić information content (AvgIpc) is 2.58. The van der Waals surface area contributed by atoms with Crippen molar-refractivity contribution in [1.82, 2.24) is 0 Å². The average molecular weight is 325 g/mol. The summed E-state index contributed by atoms with van der Waals surface area (Å²) >= 11 is 0. The van der Waals surface area contributed by atoms with Crippen LogP contribution in [-0.2, 0) is 11.2 Å². The molecule has 2 rings (SSSR count). The lowest BCUT2D eigenvalue weighted by molar-refractivity contribution is -0.117. The van der Waals surface area contributed by atoms with Crippen LogP contribution >= 0.6 is 0 Å². The molecule has 1 amide bonds. The van der Waals surface area contributed by atoms with E-state index in [0.29, 0.717) is 5.92 Å². The van der Waals surface area contributed by atoms with Gasteiger partial charge in [-0.15, -0.1) is 0 Å². The van der Waals surface area contributed by atoms with Gasteiger partial charge in [-0.25, -0.2) is 0 Å². The minimum absolute atomic E-state index is 0.0332. The Morgan fingerprint density at radius 3 is 2.08 bits per heavy atom. The zero-order chi connectivity index (χ0) is 18.1. The third-order valence-electron chi connectivity index (χ3n) is 3.92. The smallest absolute Gasteiger partial charge is 0.231 e. The number of carbonyl (C=O) groups is 1. The van der Waals surface area contributed by atoms with E-state index in [0.717, 1.165) is 23.2 Å². The van der Waals surface area contributed by atoms with E-state index < -0.39 is 0 Å². The van der Waals surface area contributed by atoms with E-state index in [9.17, 15) is 4.79 Å². The number of hydrogen-bond acceptors (Lipinski definition) is 1. The van der Waals surface area contributed by atoms with Gasteiger partial charge < -0.3 is 5.32 Å². The predicted molar refractivity (Wildman–Crippen MR) is 105 cm³/mol. The molecule has 0 saturated heterocycles. The molecule has 130 valence electrons. The topological polar surface area (TPSA) is 29.1 Å². The van der Waals surface area contributed by atoms with E-state index in [4.69, 9.17) is 0 Å². The van der Waals surface area contributed by atoms with E-state index in [2.05, 4.69) is 43.4 Å². The van der Waals surface area contributed by atoms with Crippen LogP contribution < -0.4 is 5.32 Å². The summed E-state index contributed by atoms with van der Waals surface area (Å²) in [5.74, 6) is 0.520. The summed E-state index contributed by atoms with van der Waals surface area (Å²) in [7, 11) is 0. The van der Waals surface area contributed by atoms with Crippen molar-refractivity contribution < 1.29 is 4.79 Å². The van der Waals surface area contributed by atoms with Crippen molar-refractivity contribution >= 4 is 11.6 Å². The molecular weight excluding hydrogens is 294 g/mol. The summed E-state index contributed by atoms with van der Waals surface area (Å²) in [5.41, 5.74) is 4.34. The Balaban J connectivity index is 0.00000139. The molecule has 0 saturated carbocycles. The summed E-state index contributed by atoms with van der Waals surface area (Å²) in [5, 5.41) is 3.02. The van der Waals surface area contributed by atoms with Gasteiger partial charge in [0.15, 0.2) is 0 Å². The quantitative estimate of drug-likeness (QED) is 0.721. The number of amides is 1. The third-order valence-corrected chi connectivity index (χ3v) is 3.92. The van der Waals surface area contributed by atoms with Gasteiger partial charge in [0.25, 0.3) is 0 Å². The second kappa shape index (κ2) is 9.92. The lowest BCUT2D eigenvalue weighted by Gasteiger charge is -2.15. The molecule has 1 N–H and O–H groups in total.